The summed E-state index contributed by atoms with van der Waals surface area (Å²) in [6.45, 7) is 2.36. The molecule has 0 amide bonds. The Bertz CT molecular complexity index is 1320. The predicted octanol–water partition coefficient (Wildman–Crippen LogP) is 9.43. The SMILES string of the molecule is CC(C1C(c2ccccc2)=C(Cl)c2ccccc21)C1C(c2ccccc2)=C(Cl)c2ccccc21. The standard InChI is InChI=1S/C32H24Cl2/c1-20(27-23-16-8-10-18-25(23)31(33)29(27)21-12-4-2-5-13-21)28-24-17-9-11-19-26(24)32(34)30(28)22-14-6-3-7-15-22/h2-20,27-28H,1H3. The Morgan fingerprint density at radius 3 is 1.26 bits per heavy atom. The molecule has 166 valence electrons. The summed E-state index contributed by atoms with van der Waals surface area (Å²) in [5.74, 6) is 0.552. The fourth-order valence-electron chi connectivity index (χ4n) is 5.94. The minimum absolute atomic E-state index is 0.158. The van der Waals surface area contributed by atoms with E-state index in [0.29, 0.717) is 0 Å². The number of hydrogen-bond acceptors (Lipinski definition) is 0. The fraction of sp³-hybridized carbons (Fsp3) is 0.125. The minimum Gasteiger partial charge on any atom is -0.0833 e. The molecule has 2 aliphatic rings. The first kappa shape index (κ1) is 21.5. The van der Waals surface area contributed by atoms with Crippen molar-refractivity contribution in [1.29, 1.82) is 0 Å². The summed E-state index contributed by atoms with van der Waals surface area (Å²) in [5.41, 5.74) is 9.67. The molecule has 0 N–H and O–H groups in total. The Morgan fingerprint density at radius 2 is 0.853 bits per heavy atom. The maximum absolute atomic E-state index is 7.11. The van der Waals surface area contributed by atoms with Gasteiger partial charge in [0.05, 0.1) is 10.1 Å². The average Bonchev–Trinajstić information content (AvgIpc) is 3.36. The third kappa shape index (κ3) is 3.28. The van der Waals surface area contributed by atoms with Gasteiger partial charge in [-0.2, -0.15) is 0 Å². The Morgan fingerprint density at radius 1 is 0.500 bits per heavy atom. The molecule has 2 aliphatic carbocycles. The van der Waals surface area contributed by atoms with Gasteiger partial charge in [0.1, 0.15) is 0 Å². The molecule has 0 bridgehead atoms. The number of fused-ring (bicyclic) bond motifs is 2. The molecule has 4 aromatic rings. The second-order valence-electron chi connectivity index (χ2n) is 9.18. The van der Waals surface area contributed by atoms with Crippen LogP contribution in [0.4, 0.5) is 0 Å². The van der Waals surface area contributed by atoms with Gasteiger partial charge in [0.2, 0.25) is 0 Å². The summed E-state index contributed by atoms with van der Waals surface area (Å²) in [4.78, 5) is 0. The molecule has 2 atom stereocenters. The van der Waals surface area contributed by atoms with E-state index in [1.807, 2.05) is 0 Å². The van der Waals surface area contributed by atoms with Crippen LogP contribution in [0.1, 0.15) is 52.1 Å². The van der Waals surface area contributed by atoms with Crippen molar-refractivity contribution in [2.45, 2.75) is 18.8 Å². The van der Waals surface area contributed by atoms with Crippen molar-refractivity contribution in [2.24, 2.45) is 5.92 Å². The Labute approximate surface area is 211 Å². The van der Waals surface area contributed by atoms with Crippen LogP contribution in [0.5, 0.6) is 0 Å². The average molecular weight is 479 g/mol. The van der Waals surface area contributed by atoms with E-state index in [1.54, 1.807) is 0 Å². The van der Waals surface area contributed by atoms with Crippen LogP contribution in [0.25, 0.3) is 21.2 Å². The lowest BCUT2D eigenvalue weighted by Crippen LogP contribution is -2.18. The first-order valence-electron chi connectivity index (χ1n) is 11.8. The first-order chi connectivity index (χ1) is 16.7. The molecule has 2 heteroatoms. The van der Waals surface area contributed by atoms with Crippen LogP contribution in [-0.2, 0) is 0 Å². The largest absolute Gasteiger partial charge is 0.0833 e. The van der Waals surface area contributed by atoms with Gasteiger partial charge in [0.25, 0.3) is 0 Å². The van der Waals surface area contributed by atoms with Gasteiger partial charge in [-0.1, -0.05) is 139 Å². The van der Waals surface area contributed by atoms with Gasteiger partial charge in [0, 0.05) is 11.8 Å². The van der Waals surface area contributed by atoms with Crippen molar-refractivity contribution in [3.8, 4) is 0 Å². The van der Waals surface area contributed by atoms with Crippen molar-refractivity contribution in [1.82, 2.24) is 0 Å². The molecule has 0 fully saturated rings. The molecular weight excluding hydrogens is 455 g/mol. The van der Waals surface area contributed by atoms with Gasteiger partial charge in [0.15, 0.2) is 0 Å². The van der Waals surface area contributed by atoms with Crippen LogP contribution < -0.4 is 0 Å². The molecule has 0 aromatic heterocycles. The summed E-state index contributed by atoms with van der Waals surface area (Å²) in [5, 5.41) is 1.72. The molecule has 0 radical (unpaired) electrons. The molecule has 0 nitrogen and oxygen atoms in total. The van der Waals surface area contributed by atoms with Crippen molar-refractivity contribution in [3.05, 3.63) is 143 Å². The van der Waals surface area contributed by atoms with E-state index in [1.165, 1.54) is 33.4 Å². The van der Waals surface area contributed by atoms with Gasteiger partial charge in [-0.15, -0.1) is 0 Å². The molecule has 34 heavy (non-hydrogen) atoms. The third-order valence-corrected chi connectivity index (χ3v) is 8.20. The zero-order valence-electron chi connectivity index (χ0n) is 18.9. The van der Waals surface area contributed by atoms with Gasteiger partial charge in [-0.05, 0) is 50.4 Å². The molecule has 6 rings (SSSR count). The van der Waals surface area contributed by atoms with E-state index < -0.39 is 0 Å². The van der Waals surface area contributed by atoms with E-state index in [9.17, 15) is 0 Å². The Hall–Kier alpha value is -3.06. The van der Waals surface area contributed by atoms with Crippen molar-refractivity contribution >= 4 is 44.4 Å². The van der Waals surface area contributed by atoms with Crippen LogP contribution in [0.2, 0.25) is 0 Å². The monoisotopic (exact) mass is 478 g/mol. The fourth-order valence-corrected chi connectivity index (χ4v) is 6.74. The molecule has 0 saturated carbocycles. The van der Waals surface area contributed by atoms with Crippen LogP contribution in [0.3, 0.4) is 0 Å². The van der Waals surface area contributed by atoms with Crippen molar-refractivity contribution in [2.75, 3.05) is 0 Å². The van der Waals surface area contributed by atoms with Gasteiger partial charge < -0.3 is 0 Å². The summed E-state index contributed by atoms with van der Waals surface area (Å²) >= 11 is 14.2. The minimum atomic E-state index is 0.158. The second kappa shape index (κ2) is 8.62. The Kier molecular flexibility index (Phi) is 5.44. The number of hydrogen-bond donors (Lipinski definition) is 0. The smallest absolute Gasteiger partial charge is 0.0525 e. The first-order valence-corrected chi connectivity index (χ1v) is 12.5. The van der Waals surface area contributed by atoms with Crippen LogP contribution in [0.15, 0.2) is 109 Å². The van der Waals surface area contributed by atoms with Crippen LogP contribution in [0, 0.1) is 5.92 Å². The number of halogens is 2. The summed E-state index contributed by atoms with van der Waals surface area (Å²) in [7, 11) is 0. The zero-order chi connectivity index (χ0) is 23.2. The number of allylic oxidation sites excluding steroid dienone is 2. The van der Waals surface area contributed by atoms with Crippen LogP contribution in [-0.4, -0.2) is 0 Å². The lowest BCUT2D eigenvalue weighted by Gasteiger charge is -2.32. The summed E-state index contributed by atoms with van der Waals surface area (Å²) < 4.78 is 0. The summed E-state index contributed by atoms with van der Waals surface area (Å²) in [6, 6.07) is 38.4. The van der Waals surface area contributed by atoms with E-state index in [-0.39, 0.29) is 17.8 Å². The third-order valence-electron chi connectivity index (χ3n) is 7.38. The highest BCUT2D eigenvalue weighted by Crippen LogP contribution is 2.60. The summed E-state index contributed by atoms with van der Waals surface area (Å²) in [6.07, 6.45) is 0. The van der Waals surface area contributed by atoms with E-state index in [2.05, 4.69) is 116 Å². The van der Waals surface area contributed by atoms with Crippen molar-refractivity contribution < 1.29 is 0 Å². The molecule has 4 aromatic carbocycles. The predicted molar refractivity (Wildman–Crippen MR) is 146 cm³/mol. The highest BCUT2D eigenvalue weighted by atomic mass is 35.5. The Balaban J connectivity index is 1.55. The maximum Gasteiger partial charge on any atom is 0.0525 e. The normalized spacial score (nSPS) is 19.9. The van der Waals surface area contributed by atoms with E-state index in [4.69, 9.17) is 23.2 Å². The lowest BCUT2D eigenvalue weighted by atomic mass is 9.71. The maximum atomic E-state index is 7.11. The highest BCUT2D eigenvalue weighted by molar-refractivity contribution is 6.54. The molecule has 0 saturated heterocycles. The molecule has 2 unspecified atom stereocenters. The van der Waals surface area contributed by atoms with Gasteiger partial charge in [-0.3, -0.25) is 0 Å². The lowest BCUT2D eigenvalue weighted by molar-refractivity contribution is 0.498. The molecule has 0 heterocycles. The van der Waals surface area contributed by atoms with Crippen molar-refractivity contribution in [3.63, 3.8) is 0 Å². The quantitative estimate of drug-likeness (QED) is 0.273. The zero-order valence-corrected chi connectivity index (χ0v) is 20.4. The number of benzene rings is 4. The van der Waals surface area contributed by atoms with E-state index in [0.717, 1.165) is 21.2 Å². The van der Waals surface area contributed by atoms with Crippen LogP contribution >= 0.6 is 23.2 Å². The molecular formula is C32H24Cl2. The van der Waals surface area contributed by atoms with E-state index >= 15 is 0 Å². The number of rotatable bonds is 4. The molecule has 0 spiro atoms. The van der Waals surface area contributed by atoms with Gasteiger partial charge in [-0.25, -0.2) is 0 Å². The second-order valence-corrected chi connectivity index (χ2v) is 9.93. The highest BCUT2D eigenvalue weighted by Gasteiger charge is 2.43. The van der Waals surface area contributed by atoms with Gasteiger partial charge >= 0.3 is 0 Å². The topological polar surface area (TPSA) is 0 Å². The molecule has 0 aliphatic heterocycles.